The first-order valence-electron chi connectivity index (χ1n) is 11.8. The first-order valence-corrected chi connectivity index (χ1v) is 13.0. The summed E-state index contributed by atoms with van der Waals surface area (Å²) in [6.07, 6.45) is 2.32. The summed E-state index contributed by atoms with van der Waals surface area (Å²) in [6.45, 7) is 0. The van der Waals surface area contributed by atoms with E-state index in [1.165, 1.54) is 24.4 Å². The van der Waals surface area contributed by atoms with E-state index in [0.717, 1.165) is 17.2 Å². The molecule has 0 aliphatic carbocycles. The number of hydrogen-bond acceptors (Lipinski definition) is 5. The van der Waals surface area contributed by atoms with Crippen molar-refractivity contribution in [3.63, 3.8) is 0 Å². The van der Waals surface area contributed by atoms with Crippen LogP contribution in [0.4, 0.5) is 13.2 Å². The van der Waals surface area contributed by atoms with Gasteiger partial charge in [0, 0.05) is 41.6 Å². The molecule has 2 aromatic heterocycles. The molecule has 0 amide bonds. The van der Waals surface area contributed by atoms with Crippen LogP contribution in [-0.4, -0.2) is 41.2 Å². The molecule has 0 spiro atoms. The summed E-state index contributed by atoms with van der Waals surface area (Å²) in [5, 5.41) is 16.2. The van der Waals surface area contributed by atoms with Crippen LogP contribution in [0.5, 0.6) is 11.5 Å². The number of nitrogens with zero attached hydrogens (tertiary/aromatic N) is 2. The Kier molecular flexibility index (Phi) is 7.46. The lowest BCUT2D eigenvalue weighted by Crippen LogP contribution is -2.06. The highest BCUT2D eigenvalue weighted by atomic mass is 32.2. The van der Waals surface area contributed by atoms with Gasteiger partial charge in [-0.15, -0.1) is 0 Å². The Morgan fingerprint density at radius 2 is 1.87 bits per heavy atom. The molecule has 0 saturated carbocycles. The van der Waals surface area contributed by atoms with E-state index in [0.29, 0.717) is 30.1 Å². The standard InChI is InChI=1S/C27H21F3N4O4S/c28-20-14-21-19(9-10-31-21)25(39(37)27(29)30)24(20)38-18-6-2-5-17(13-18)26-32-22(33-34-26)12-16-4-1-3-15(11-16)7-8-23(35)36/h1-6,9-11,13-14,27,31H,7-8,12H2,(H,35,36)(H,32,33,34). The lowest BCUT2D eigenvalue weighted by atomic mass is 10.0. The Morgan fingerprint density at radius 3 is 2.67 bits per heavy atom. The third-order valence-electron chi connectivity index (χ3n) is 5.92. The van der Waals surface area contributed by atoms with E-state index in [1.807, 2.05) is 24.3 Å². The van der Waals surface area contributed by atoms with E-state index >= 15 is 0 Å². The summed E-state index contributed by atoms with van der Waals surface area (Å²) >= 11 is 0. The number of aliphatic carboxylic acids is 1. The molecule has 5 rings (SSSR count). The van der Waals surface area contributed by atoms with Gasteiger partial charge in [0.15, 0.2) is 17.4 Å². The molecule has 0 fully saturated rings. The van der Waals surface area contributed by atoms with Crippen LogP contribution in [0, 0.1) is 5.82 Å². The molecule has 1 atom stereocenters. The zero-order valence-corrected chi connectivity index (χ0v) is 21.0. The van der Waals surface area contributed by atoms with Crippen LogP contribution in [0.3, 0.4) is 0 Å². The lowest BCUT2D eigenvalue weighted by Gasteiger charge is -2.13. The number of hydrogen-bond donors (Lipinski definition) is 3. The fourth-order valence-corrected chi connectivity index (χ4v) is 5.06. The zero-order chi connectivity index (χ0) is 27.5. The van der Waals surface area contributed by atoms with Gasteiger partial charge in [0.05, 0.1) is 4.90 Å². The molecule has 2 heterocycles. The van der Waals surface area contributed by atoms with Crippen LogP contribution in [0.15, 0.2) is 71.8 Å². The monoisotopic (exact) mass is 554 g/mol. The molecule has 5 aromatic rings. The molecule has 0 aliphatic rings. The minimum Gasteiger partial charge on any atom is -0.481 e. The van der Waals surface area contributed by atoms with Crippen molar-refractivity contribution in [2.24, 2.45) is 0 Å². The molecule has 8 nitrogen and oxygen atoms in total. The number of aromatic amines is 2. The van der Waals surface area contributed by atoms with Crippen molar-refractivity contribution in [3.05, 3.63) is 89.6 Å². The smallest absolute Gasteiger partial charge is 0.316 e. The topological polar surface area (TPSA) is 121 Å². The molecule has 39 heavy (non-hydrogen) atoms. The Hall–Kier alpha value is -4.45. The number of carbonyl (C=O) groups is 1. The molecule has 0 saturated heterocycles. The van der Waals surface area contributed by atoms with E-state index in [4.69, 9.17) is 9.84 Å². The van der Waals surface area contributed by atoms with Crippen LogP contribution in [0.2, 0.25) is 0 Å². The van der Waals surface area contributed by atoms with Crippen molar-refractivity contribution in [3.8, 4) is 22.9 Å². The third-order valence-corrected chi connectivity index (χ3v) is 7.05. The van der Waals surface area contributed by atoms with E-state index in [1.54, 1.807) is 12.1 Å². The molecule has 200 valence electrons. The minimum absolute atomic E-state index is 0.0385. The van der Waals surface area contributed by atoms with E-state index < -0.39 is 39.0 Å². The highest BCUT2D eigenvalue weighted by Crippen LogP contribution is 2.38. The quantitative estimate of drug-likeness (QED) is 0.200. The third kappa shape index (κ3) is 5.85. The van der Waals surface area contributed by atoms with Crippen LogP contribution in [-0.2, 0) is 28.4 Å². The number of halogens is 3. The van der Waals surface area contributed by atoms with Gasteiger partial charge in [0.2, 0.25) is 0 Å². The van der Waals surface area contributed by atoms with E-state index in [2.05, 4.69) is 20.2 Å². The number of fused-ring (bicyclic) bond motifs is 1. The van der Waals surface area contributed by atoms with Crippen molar-refractivity contribution in [1.29, 1.82) is 0 Å². The number of aryl methyl sites for hydroxylation is 1. The van der Waals surface area contributed by atoms with Gasteiger partial charge in [-0.05, 0) is 35.7 Å². The largest absolute Gasteiger partial charge is 0.481 e. The molecule has 12 heteroatoms. The van der Waals surface area contributed by atoms with Crippen LogP contribution >= 0.6 is 0 Å². The van der Waals surface area contributed by atoms with Crippen molar-refractivity contribution >= 4 is 27.7 Å². The highest BCUT2D eigenvalue weighted by molar-refractivity contribution is 7.85. The van der Waals surface area contributed by atoms with Crippen molar-refractivity contribution in [2.45, 2.75) is 29.9 Å². The van der Waals surface area contributed by atoms with Crippen LogP contribution in [0.1, 0.15) is 23.4 Å². The number of nitrogens with one attached hydrogen (secondary N) is 2. The van der Waals surface area contributed by atoms with Crippen molar-refractivity contribution in [1.82, 2.24) is 20.2 Å². The number of carboxylic acid groups (broad SMARTS) is 1. The van der Waals surface area contributed by atoms with Gasteiger partial charge in [-0.2, -0.15) is 13.9 Å². The molecule has 0 bridgehead atoms. The summed E-state index contributed by atoms with van der Waals surface area (Å²) in [7, 11) is -2.82. The summed E-state index contributed by atoms with van der Waals surface area (Å²) in [5.41, 5.74) is 2.56. The number of ether oxygens (including phenoxy) is 1. The molecule has 1 unspecified atom stereocenters. The van der Waals surface area contributed by atoms with Gasteiger partial charge < -0.3 is 14.8 Å². The van der Waals surface area contributed by atoms with Crippen LogP contribution < -0.4 is 4.74 Å². The second-order valence-electron chi connectivity index (χ2n) is 8.64. The zero-order valence-electron chi connectivity index (χ0n) is 20.2. The maximum absolute atomic E-state index is 14.9. The molecule has 0 aliphatic heterocycles. The van der Waals surface area contributed by atoms with Gasteiger partial charge in [0.25, 0.3) is 0 Å². The second-order valence-corrected chi connectivity index (χ2v) is 10.00. The van der Waals surface area contributed by atoms with Gasteiger partial charge in [-0.1, -0.05) is 36.4 Å². The fourth-order valence-electron chi connectivity index (χ4n) is 4.17. The Morgan fingerprint density at radius 1 is 1.08 bits per heavy atom. The maximum Gasteiger partial charge on any atom is 0.316 e. The molecule has 3 aromatic carbocycles. The van der Waals surface area contributed by atoms with Crippen LogP contribution in [0.25, 0.3) is 22.3 Å². The average Bonchev–Trinajstić information content (AvgIpc) is 3.57. The number of rotatable bonds is 10. The predicted octanol–water partition coefficient (Wildman–Crippen LogP) is 5.82. The van der Waals surface area contributed by atoms with E-state index in [-0.39, 0.29) is 23.1 Å². The SMILES string of the molecule is O=C(O)CCc1cccc(Cc2nc(-c3cccc(Oc4c(F)cc5[nH]ccc5c4S(=O)C(F)F)c3)n[nH]2)c1. The number of alkyl halides is 2. The number of aromatic nitrogens is 4. The molecule has 3 N–H and O–H groups in total. The second kappa shape index (κ2) is 11.1. The van der Waals surface area contributed by atoms with Gasteiger partial charge >= 0.3 is 11.7 Å². The molecular formula is C27H21F3N4O4S. The Balaban J connectivity index is 1.39. The number of H-pyrrole nitrogens is 2. The minimum atomic E-state index is -3.23. The maximum atomic E-state index is 14.9. The average molecular weight is 555 g/mol. The fraction of sp³-hybridized carbons (Fsp3) is 0.148. The van der Waals surface area contributed by atoms with Gasteiger partial charge in [0.1, 0.15) is 22.4 Å². The van der Waals surface area contributed by atoms with E-state index in [9.17, 15) is 22.2 Å². The Bertz CT molecular complexity index is 1680. The normalized spacial score (nSPS) is 12.2. The molecular weight excluding hydrogens is 533 g/mol. The molecule has 0 radical (unpaired) electrons. The number of benzene rings is 3. The van der Waals surface area contributed by atoms with Gasteiger partial charge in [-0.3, -0.25) is 9.89 Å². The number of carboxylic acids is 1. The van der Waals surface area contributed by atoms with Gasteiger partial charge in [-0.25, -0.2) is 13.6 Å². The predicted molar refractivity (Wildman–Crippen MR) is 138 cm³/mol. The summed E-state index contributed by atoms with van der Waals surface area (Å²) < 4.78 is 59.8. The summed E-state index contributed by atoms with van der Waals surface area (Å²) in [6, 6.07) is 16.4. The lowest BCUT2D eigenvalue weighted by molar-refractivity contribution is -0.136. The summed E-state index contributed by atoms with van der Waals surface area (Å²) in [5.74, 6) is -4.57. The van der Waals surface area contributed by atoms with Crippen molar-refractivity contribution in [2.75, 3.05) is 0 Å². The summed E-state index contributed by atoms with van der Waals surface area (Å²) in [4.78, 5) is 17.7. The highest BCUT2D eigenvalue weighted by Gasteiger charge is 2.27. The first-order chi connectivity index (χ1) is 18.8. The van der Waals surface area contributed by atoms with Crippen molar-refractivity contribution < 1.29 is 32.0 Å². The Labute approximate surface area is 222 Å². The first kappa shape index (κ1) is 26.2.